The van der Waals surface area contributed by atoms with Gasteiger partial charge in [-0.25, -0.2) is 4.79 Å². The van der Waals surface area contributed by atoms with Gasteiger partial charge in [0.25, 0.3) is 0 Å². The third-order valence-corrected chi connectivity index (χ3v) is 2.11. The number of nitrogens with one attached hydrogen (secondary N) is 1. The van der Waals surface area contributed by atoms with Crippen LogP contribution in [0.3, 0.4) is 0 Å². The molecule has 0 amide bonds. The summed E-state index contributed by atoms with van der Waals surface area (Å²) in [4.78, 5) is 14.5. The molecule has 0 aliphatic rings. The lowest BCUT2D eigenvalue weighted by atomic mass is 10.3. The van der Waals surface area contributed by atoms with Crippen LogP contribution in [0.15, 0.2) is 36.7 Å². The van der Waals surface area contributed by atoms with E-state index in [1.54, 1.807) is 18.5 Å². The highest BCUT2D eigenvalue weighted by molar-refractivity contribution is 5.85. The predicted molar refractivity (Wildman–Crippen MR) is 60.6 cm³/mol. The topological polar surface area (TPSA) is 88.0 Å². The number of carbonyl (C=O) groups is 1. The first-order valence-electron chi connectivity index (χ1n) is 4.95. The Morgan fingerprint density at radius 3 is 2.53 bits per heavy atom. The lowest BCUT2D eigenvalue weighted by molar-refractivity contribution is 0.0689. The summed E-state index contributed by atoms with van der Waals surface area (Å²) in [6, 6.07) is 6.75. The molecular weight excluding hydrogens is 220 g/mol. The lowest BCUT2D eigenvalue weighted by Gasteiger charge is -2.04. The van der Waals surface area contributed by atoms with Crippen molar-refractivity contribution in [2.24, 2.45) is 0 Å². The molecule has 0 atom stereocenters. The first kappa shape index (κ1) is 11.0. The fraction of sp³-hybridized carbons (Fsp3) is 0.0909. The fourth-order valence-electron chi connectivity index (χ4n) is 1.23. The Morgan fingerprint density at radius 1 is 1.18 bits per heavy atom. The largest absolute Gasteiger partial charge is 0.476 e. The minimum absolute atomic E-state index is 0.0699. The minimum Gasteiger partial charge on any atom is -0.476 e. The maximum absolute atomic E-state index is 10.6. The van der Waals surface area contributed by atoms with Crippen molar-refractivity contribution in [2.45, 2.75) is 6.54 Å². The van der Waals surface area contributed by atoms with E-state index in [1.165, 1.54) is 6.07 Å². The quantitative estimate of drug-likeness (QED) is 0.820. The van der Waals surface area contributed by atoms with Gasteiger partial charge in [-0.15, -0.1) is 10.2 Å². The molecular formula is C11H10N4O2. The molecule has 0 fully saturated rings. The SMILES string of the molecule is O=C(O)c1ccc(NCc2ccncc2)nn1. The van der Waals surface area contributed by atoms with Gasteiger partial charge in [0.1, 0.15) is 5.82 Å². The number of aromatic carboxylic acids is 1. The molecule has 2 heterocycles. The Morgan fingerprint density at radius 2 is 1.94 bits per heavy atom. The van der Waals surface area contributed by atoms with E-state index in [0.29, 0.717) is 12.4 Å². The number of anilines is 1. The van der Waals surface area contributed by atoms with Crippen LogP contribution in [0, 0.1) is 0 Å². The van der Waals surface area contributed by atoms with Crippen molar-refractivity contribution >= 4 is 11.8 Å². The van der Waals surface area contributed by atoms with Gasteiger partial charge in [-0.2, -0.15) is 0 Å². The Bertz CT molecular complexity index is 499. The molecule has 0 spiro atoms. The number of nitrogens with zero attached hydrogens (tertiary/aromatic N) is 3. The van der Waals surface area contributed by atoms with Gasteiger partial charge in [0.15, 0.2) is 5.69 Å². The third-order valence-electron chi connectivity index (χ3n) is 2.11. The van der Waals surface area contributed by atoms with E-state index < -0.39 is 5.97 Å². The molecule has 6 heteroatoms. The first-order valence-corrected chi connectivity index (χ1v) is 4.95. The smallest absolute Gasteiger partial charge is 0.356 e. The predicted octanol–water partition coefficient (Wildman–Crippen LogP) is 1.18. The summed E-state index contributed by atoms with van der Waals surface area (Å²) in [5.41, 5.74) is 0.989. The molecule has 2 rings (SSSR count). The normalized spacial score (nSPS) is 9.88. The number of carboxylic acids is 1. The number of carboxylic acid groups (broad SMARTS) is 1. The average molecular weight is 230 g/mol. The number of pyridine rings is 1. The van der Waals surface area contributed by atoms with Gasteiger partial charge in [-0.3, -0.25) is 4.98 Å². The van der Waals surface area contributed by atoms with Gasteiger partial charge in [0.2, 0.25) is 0 Å². The monoisotopic (exact) mass is 230 g/mol. The molecule has 2 aromatic rings. The van der Waals surface area contributed by atoms with Crippen molar-refractivity contribution in [1.82, 2.24) is 15.2 Å². The van der Waals surface area contributed by atoms with Crippen molar-refractivity contribution < 1.29 is 9.90 Å². The summed E-state index contributed by atoms with van der Waals surface area (Å²) in [6.45, 7) is 0.587. The first-order chi connectivity index (χ1) is 8.25. The zero-order chi connectivity index (χ0) is 12.1. The summed E-state index contributed by atoms with van der Waals surface area (Å²) in [5, 5.41) is 19.0. The van der Waals surface area contributed by atoms with Crippen molar-refractivity contribution in [3.8, 4) is 0 Å². The van der Waals surface area contributed by atoms with Gasteiger partial charge in [0.05, 0.1) is 0 Å². The van der Waals surface area contributed by atoms with E-state index in [0.717, 1.165) is 5.56 Å². The molecule has 0 unspecified atom stereocenters. The van der Waals surface area contributed by atoms with Gasteiger partial charge < -0.3 is 10.4 Å². The third kappa shape index (κ3) is 2.97. The van der Waals surface area contributed by atoms with Crippen LogP contribution in [0.25, 0.3) is 0 Å². The Hall–Kier alpha value is -2.50. The summed E-state index contributed by atoms with van der Waals surface area (Å²) in [5.74, 6) is -0.551. The molecule has 2 aromatic heterocycles. The van der Waals surface area contributed by atoms with Crippen LogP contribution in [-0.2, 0) is 6.54 Å². The van der Waals surface area contributed by atoms with Crippen LogP contribution in [0.2, 0.25) is 0 Å². The molecule has 86 valence electrons. The van der Waals surface area contributed by atoms with Crippen LogP contribution in [0.5, 0.6) is 0 Å². The zero-order valence-corrected chi connectivity index (χ0v) is 8.87. The molecule has 0 bridgehead atoms. The molecule has 0 aromatic carbocycles. The number of hydrogen-bond acceptors (Lipinski definition) is 5. The van der Waals surface area contributed by atoms with Gasteiger partial charge >= 0.3 is 5.97 Å². The van der Waals surface area contributed by atoms with E-state index >= 15 is 0 Å². The van der Waals surface area contributed by atoms with E-state index in [-0.39, 0.29) is 5.69 Å². The lowest BCUT2D eigenvalue weighted by Crippen LogP contribution is -2.06. The highest BCUT2D eigenvalue weighted by atomic mass is 16.4. The number of rotatable bonds is 4. The molecule has 6 nitrogen and oxygen atoms in total. The van der Waals surface area contributed by atoms with Crippen LogP contribution < -0.4 is 5.32 Å². The summed E-state index contributed by atoms with van der Waals surface area (Å²) in [6.07, 6.45) is 3.41. The van der Waals surface area contributed by atoms with E-state index in [9.17, 15) is 4.79 Å². The van der Waals surface area contributed by atoms with Crippen LogP contribution >= 0.6 is 0 Å². The number of aromatic nitrogens is 3. The molecule has 0 radical (unpaired) electrons. The maximum atomic E-state index is 10.6. The Labute approximate surface area is 97.4 Å². The minimum atomic E-state index is -1.09. The standard InChI is InChI=1S/C11H10N4O2/c16-11(17)9-1-2-10(15-14-9)13-7-8-3-5-12-6-4-8/h1-6H,7H2,(H,13,15)(H,16,17). The van der Waals surface area contributed by atoms with E-state index in [4.69, 9.17) is 5.11 Å². The Kier molecular flexibility index (Phi) is 3.25. The molecule has 2 N–H and O–H groups in total. The molecule has 0 saturated heterocycles. The van der Waals surface area contributed by atoms with Crippen LogP contribution in [-0.4, -0.2) is 26.3 Å². The second-order valence-corrected chi connectivity index (χ2v) is 3.32. The molecule has 0 aliphatic heterocycles. The highest BCUT2D eigenvalue weighted by Gasteiger charge is 2.04. The second-order valence-electron chi connectivity index (χ2n) is 3.32. The van der Waals surface area contributed by atoms with E-state index in [2.05, 4.69) is 20.5 Å². The van der Waals surface area contributed by atoms with Gasteiger partial charge in [0, 0.05) is 18.9 Å². The van der Waals surface area contributed by atoms with Gasteiger partial charge in [-0.1, -0.05) is 0 Å². The van der Waals surface area contributed by atoms with Gasteiger partial charge in [-0.05, 0) is 29.8 Å². The summed E-state index contributed by atoms with van der Waals surface area (Å²) in [7, 11) is 0. The Balaban J connectivity index is 1.98. The van der Waals surface area contributed by atoms with Crippen molar-refractivity contribution in [2.75, 3.05) is 5.32 Å². The molecule has 0 aliphatic carbocycles. The maximum Gasteiger partial charge on any atom is 0.356 e. The fourth-order valence-corrected chi connectivity index (χ4v) is 1.23. The molecule has 0 saturated carbocycles. The zero-order valence-electron chi connectivity index (χ0n) is 8.87. The number of hydrogen-bond donors (Lipinski definition) is 2. The summed E-state index contributed by atoms with van der Waals surface area (Å²) >= 11 is 0. The summed E-state index contributed by atoms with van der Waals surface area (Å²) < 4.78 is 0. The van der Waals surface area contributed by atoms with Crippen molar-refractivity contribution in [3.05, 3.63) is 47.9 Å². The van der Waals surface area contributed by atoms with Crippen molar-refractivity contribution in [3.63, 3.8) is 0 Å². The second kappa shape index (κ2) is 5.02. The average Bonchev–Trinajstić information content (AvgIpc) is 2.38. The highest BCUT2D eigenvalue weighted by Crippen LogP contribution is 2.05. The van der Waals surface area contributed by atoms with Crippen molar-refractivity contribution in [1.29, 1.82) is 0 Å². The molecule has 17 heavy (non-hydrogen) atoms. The van der Waals surface area contributed by atoms with Crippen LogP contribution in [0.1, 0.15) is 16.1 Å². The van der Waals surface area contributed by atoms with Crippen LogP contribution in [0.4, 0.5) is 5.82 Å². The van der Waals surface area contributed by atoms with E-state index in [1.807, 2.05) is 12.1 Å².